The zero-order valence-corrected chi connectivity index (χ0v) is 15.8. The molecule has 1 amide bonds. The van der Waals surface area contributed by atoms with Crippen LogP contribution in [-0.4, -0.2) is 23.4 Å². The average Bonchev–Trinajstić information content (AvgIpc) is 2.95. The van der Waals surface area contributed by atoms with Gasteiger partial charge in [0.15, 0.2) is 0 Å². The van der Waals surface area contributed by atoms with E-state index in [1.807, 2.05) is 0 Å². The van der Waals surface area contributed by atoms with Crippen molar-refractivity contribution in [1.82, 2.24) is 4.90 Å². The van der Waals surface area contributed by atoms with Crippen molar-refractivity contribution in [3.8, 4) is 0 Å². The van der Waals surface area contributed by atoms with E-state index in [1.165, 1.54) is 29.5 Å². The molecule has 1 aliphatic carbocycles. The second-order valence-corrected chi connectivity index (χ2v) is 7.45. The maximum Gasteiger partial charge on any atom is 0.223 e. The fraction of sp³-hybridized carbons (Fsp3) is 0.650. The number of piperidine rings is 1. The number of halogens is 1. The molecule has 3 nitrogen and oxygen atoms in total. The van der Waals surface area contributed by atoms with Crippen molar-refractivity contribution in [2.45, 2.75) is 70.9 Å². The monoisotopic (exact) mass is 350 g/mol. The molecule has 3 atom stereocenters. The number of amides is 1. The van der Waals surface area contributed by atoms with E-state index in [0.717, 1.165) is 32.2 Å². The minimum Gasteiger partial charge on any atom is -0.336 e. The van der Waals surface area contributed by atoms with Crippen LogP contribution in [0.3, 0.4) is 0 Å². The molecule has 2 aliphatic rings. The zero-order chi connectivity index (χ0) is 16.4. The Morgan fingerprint density at radius 1 is 1.17 bits per heavy atom. The number of rotatable bonds is 3. The predicted molar refractivity (Wildman–Crippen MR) is 101 cm³/mol. The first-order valence-electron chi connectivity index (χ1n) is 9.19. The van der Waals surface area contributed by atoms with E-state index in [4.69, 9.17) is 5.73 Å². The molecule has 0 bridgehead atoms. The minimum atomic E-state index is 0. The van der Waals surface area contributed by atoms with E-state index in [0.29, 0.717) is 18.2 Å². The Balaban J connectivity index is 0.00000208. The first-order valence-corrected chi connectivity index (χ1v) is 9.19. The van der Waals surface area contributed by atoms with Gasteiger partial charge in [-0.05, 0) is 68.6 Å². The molecule has 4 heteroatoms. The summed E-state index contributed by atoms with van der Waals surface area (Å²) in [6.07, 6.45) is 7.46. The zero-order valence-electron chi connectivity index (χ0n) is 15.0. The molecule has 1 aromatic rings. The van der Waals surface area contributed by atoms with Crippen molar-refractivity contribution in [1.29, 1.82) is 0 Å². The Bertz CT molecular complexity index is 575. The molecular weight excluding hydrogens is 320 g/mol. The summed E-state index contributed by atoms with van der Waals surface area (Å²) in [6, 6.07) is 6.98. The van der Waals surface area contributed by atoms with Crippen LogP contribution in [0.1, 0.15) is 67.7 Å². The Labute approximate surface area is 152 Å². The number of likely N-dealkylation sites (tertiary alicyclic amines) is 1. The highest BCUT2D eigenvalue weighted by Crippen LogP contribution is 2.35. The van der Waals surface area contributed by atoms with Gasteiger partial charge in [-0.2, -0.15) is 0 Å². The topological polar surface area (TPSA) is 46.3 Å². The summed E-state index contributed by atoms with van der Waals surface area (Å²) in [5.74, 6) is 0.710. The quantitative estimate of drug-likeness (QED) is 0.883. The van der Waals surface area contributed by atoms with Gasteiger partial charge in [0.2, 0.25) is 5.91 Å². The lowest BCUT2D eigenvalue weighted by Gasteiger charge is -2.38. The highest BCUT2D eigenvalue weighted by Gasteiger charge is 2.33. The van der Waals surface area contributed by atoms with Crippen molar-refractivity contribution >= 4 is 18.3 Å². The van der Waals surface area contributed by atoms with Gasteiger partial charge in [0.05, 0.1) is 6.04 Å². The number of aryl methyl sites for hydroxylation is 1. The molecule has 2 fully saturated rings. The van der Waals surface area contributed by atoms with Crippen LogP contribution < -0.4 is 5.73 Å². The van der Waals surface area contributed by atoms with E-state index in [2.05, 4.69) is 36.9 Å². The van der Waals surface area contributed by atoms with Crippen LogP contribution >= 0.6 is 12.4 Å². The summed E-state index contributed by atoms with van der Waals surface area (Å²) >= 11 is 0. The first kappa shape index (κ1) is 19.3. The molecule has 0 radical (unpaired) electrons. The number of hydrogen-bond acceptors (Lipinski definition) is 2. The standard InChI is InChI=1S/C20H30N2O.ClH/c1-14-7-5-9-17(15(14)2)19-11-3-4-12-22(19)20(23)13-16-8-6-10-18(16)21;/h5,7,9,16,18-19H,3-4,6,8,10-13,21H2,1-2H3;1H/t16-,18+,19?;/m0./s1. The van der Waals surface area contributed by atoms with Crippen LogP contribution in [-0.2, 0) is 4.79 Å². The van der Waals surface area contributed by atoms with Crippen molar-refractivity contribution in [3.05, 3.63) is 34.9 Å². The lowest BCUT2D eigenvalue weighted by atomic mass is 9.89. The lowest BCUT2D eigenvalue weighted by Crippen LogP contribution is -2.40. The SMILES string of the molecule is Cc1cccc(C2CCCCN2C(=O)C[C@@H]2CCC[C@H]2N)c1C.Cl. The molecule has 1 saturated carbocycles. The lowest BCUT2D eigenvalue weighted by molar-refractivity contribution is -0.136. The summed E-state index contributed by atoms with van der Waals surface area (Å²) in [6.45, 7) is 5.25. The van der Waals surface area contributed by atoms with Gasteiger partial charge in [-0.15, -0.1) is 12.4 Å². The van der Waals surface area contributed by atoms with Gasteiger partial charge in [-0.3, -0.25) is 4.79 Å². The Morgan fingerprint density at radius 3 is 2.67 bits per heavy atom. The molecule has 1 heterocycles. The highest BCUT2D eigenvalue weighted by molar-refractivity contribution is 5.85. The molecule has 24 heavy (non-hydrogen) atoms. The number of nitrogens with two attached hydrogens (primary N) is 1. The number of carbonyl (C=O) groups is 1. The van der Waals surface area contributed by atoms with Gasteiger partial charge < -0.3 is 10.6 Å². The highest BCUT2D eigenvalue weighted by atomic mass is 35.5. The second kappa shape index (κ2) is 8.35. The largest absolute Gasteiger partial charge is 0.336 e. The van der Waals surface area contributed by atoms with Crippen LogP contribution in [0, 0.1) is 19.8 Å². The number of hydrogen-bond donors (Lipinski definition) is 1. The van der Waals surface area contributed by atoms with Gasteiger partial charge in [-0.25, -0.2) is 0 Å². The molecule has 2 N–H and O–H groups in total. The maximum absolute atomic E-state index is 12.9. The van der Waals surface area contributed by atoms with E-state index >= 15 is 0 Å². The fourth-order valence-electron chi connectivity index (χ4n) is 4.35. The van der Waals surface area contributed by atoms with Crippen molar-refractivity contribution in [2.75, 3.05) is 6.54 Å². The van der Waals surface area contributed by atoms with Crippen LogP contribution in [0.25, 0.3) is 0 Å². The van der Waals surface area contributed by atoms with Crippen molar-refractivity contribution < 1.29 is 4.79 Å². The third-order valence-corrected chi connectivity index (χ3v) is 5.98. The molecule has 1 saturated heterocycles. The van der Waals surface area contributed by atoms with E-state index in [9.17, 15) is 4.79 Å². The third-order valence-electron chi connectivity index (χ3n) is 5.98. The van der Waals surface area contributed by atoms with Gasteiger partial charge in [0.25, 0.3) is 0 Å². The van der Waals surface area contributed by atoms with Crippen LogP contribution in [0.4, 0.5) is 0 Å². The fourth-order valence-corrected chi connectivity index (χ4v) is 4.35. The van der Waals surface area contributed by atoms with Gasteiger partial charge in [-0.1, -0.05) is 24.6 Å². The van der Waals surface area contributed by atoms with E-state index in [-0.39, 0.29) is 24.5 Å². The van der Waals surface area contributed by atoms with Gasteiger partial charge >= 0.3 is 0 Å². The summed E-state index contributed by atoms with van der Waals surface area (Å²) in [5.41, 5.74) is 10.2. The summed E-state index contributed by atoms with van der Waals surface area (Å²) in [4.78, 5) is 15.1. The van der Waals surface area contributed by atoms with Crippen LogP contribution in [0.2, 0.25) is 0 Å². The maximum atomic E-state index is 12.9. The Morgan fingerprint density at radius 2 is 1.96 bits per heavy atom. The molecule has 134 valence electrons. The van der Waals surface area contributed by atoms with E-state index < -0.39 is 0 Å². The van der Waals surface area contributed by atoms with E-state index in [1.54, 1.807) is 0 Å². The Kier molecular flexibility index (Phi) is 6.70. The second-order valence-electron chi connectivity index (χ2n) is 7.45. The molecule has 1 unspecified atom stereocenters. The number of nitrogens with zero attached hydrogens (tertiary/aromatic N) is 1. The van der Waals surface area contributed by atoms with Crippen LogP contribution in [0.15, 0.2) is 18.2 Å². The molecule has 1 aliphatic heterocycles. The first-order chi connectivity index (χ1) is 11.1. The molecule has 0 aromatic heterocycles. The van der Waals surface area contributed by atoms with Crippen molar-refractivity contribution in [2.24, 2.45) is 11.7 Å². The van der Waals surface area contributed by atoms with Crippen molar-refractivity contribution in [3.63, 3.8) is 0 Å². The molecule has 0 spiro atoms. The summed E-state index contributed by atoms with van der Waals surface area (Å²) in [7, 11) is 0. The summed E-state index contributed by atoms with van der Waals surface area (Å²) < 4.78 is 0. The molecule has 1 aromatic carbocycles. The number of carbonyl (C=O) groups excluding carboxylic acids is 1. The molecular formula is C20H31ClN2O. The smallest absolute Gasteiger partial charge is 0.223 e. The van der Waals surface area contributed by atoms with Gasteiger partial charge in [0.1, 0.15) is 0 Å². The van der Waals surface area contributed by atoms with Gasteiger partial charge in [0, 0.05) is 19.0 Å². The third kappa shape index (κ3) is 3.94. The number of benzene rings is 1. The predicted octanol–water partition coefficient (Wildman–Crippen LogP) is 4.30. The Hall–Kier alpha value is -1.06. The summed E-state index contributed by atoms with van der Waals surface area (Å²) in [5, 5.41) is 0. The average molecular weight is 351 g/mol. The molecule has 3 rings (SSSR count). The van der Waals surface area contributed by atoms with Crippen LogP contribution in [0.5, 0.6) is 0 Å². The minimum absolute atomic E-state index is 0. The normalized spacial score (nSPS) is 27.0.